The van der Waals surface area contributed by atoms with Crippen LogP contribution in [-0.2, 0) is 17.7 Å². The number of hydrogen-bond acceptors (Lipinski definition) is 7. The smallest absolute Gasteiger partial charge is 0.279 e. The van der Waals surface area contributed by atoms with Crippen molar-refractivity contribution in [1.29, 1.82) is 0 Å². The fourth-order valence-corrected chi connectivity index (χ4v) is 4.14. The van der Waals surface area contributed by atoms with Crippen molar-refractivity contribution in [2.24, 2.45) is 0 Å². The van der Waals surface area contributed by atoms with Gasteiger partial charge in [-0.25, -0.2) is 4.98 Å². The highest BCUT2D eigenvalue weighted by molar-refractivity contribution is 8.01. The van der Waals surface area contributed by atoms with Gasteiger partial charge in [0.1, 0.15) is 0 Å². The zero-order valence-electron chi connectivity index (χ0n) is 12.4. The lowest BCUT2D eigenvalue weighted by atomic mass is 10.1. The molecule has 2 aromatic rings. The molecule has 0 unspecified atom stereocenters. The number of rotatable bonds is 6. The lowest BCUT2D eigenvalue weighted by Crippen LogP contribution is -2.38. The first-order chi connectivity index (χ1) is 10.7. The summed E-state index contributed by atoms with van der Waals surface area (Å²) in [5.41, 5.74) is 1.65. The molecule has 22 heavy (non-hydrogen) atoms. The molecule has 0 atom stereocenters. The zero-order valence-corrected chi connectivity index (χ0v) is 14.1. The molecular formula is C14H18N4O2S2. The topological polar surface area (TPSA) is 59.7 Å². The van der Waals surface area contributed by atoms with Crippen molar-refractivity contribution in [2.75, 3.05) is 32.6 Å². The Labute approximate surface area is 136 Å². The van der Waals surface area contributed by atoms with Crippen LogP contribution in [0, 0.1) is 0 Å². The fraction of sp³-hybridized carbons (Fsp3) is 0.500. The van der Waals surface area contributed by atoms with Crippen LogP contribution in [0.2, 0.25) is 0 Å². The Morgan fingerprint density at radius 2 is 2.41 bits per heavy atom. The van der Waals surface area contributed by atoms with Gasteiger partial charge in [-0.15, -0.1) is 11.7 Å². The Balaban J connectivity index is 1.92. The number of methoxy groups -OCH3 is 1. The second-order valence-electron chi connectivity index (χ2n) is 5.02. The van der Waals surface area contributed by atoms with Gasteiger partial charge in [0, 0.05) is 38.9 Å². The first-order valence-corrected chi connectivity index (χ1v) is 8.89. The summed E-state index contributed by atoms with van der Waals surface area (Å²) in [7, 11) is 1.69. The summed E-state index contributed by atoms with van der Waals surface area (Å²) in [6.45, 7) is 6.74. The molecule has 0 bridgehead atoms. The number of fused-ring (bicyclic) bond motifs is 2. The average molecular weight is 338 g/mol. The van der Waals surface area contributed by atoms with Crippen molar-refractivity contribution in [3.8, 4) is 0 Å². The van der Waals surface area contributed by atoms with E-state index >= 15 is 0 Å². The van der Waals surface area contributed by atoms with E-state index in [1.165, 1.54) is 15.9 Å². The van der Waals surface area contributed by atoms with E-state index in [-0.39, 0.29) is 5.56 Å². The number of nitrogens with zero attached hydrogens (tertiary/aromatic N) is 4. The largest absolute Gasteiger partial charge is 0.383 e. The Morgan fingerprint density at radius 3 is 3.18 bits per heavy atom. The van der Waals surface area contributed by atoms with Crippen molar-refractivity contribution in [3.05, 3.63) is 34.3 Å². The molecule has 0 spiro atoms. The molecule has 0 aromatic carbocycles. The highest BCUT2D eigenvalue weighted by Crippen LogP contribution is 2.24. The third-order valence-electron chi connectivity index (χ3n) is 3.55. The van der Waals surface area contributed by atoms with E-state index < -0.39 is 0 Å². The minimum absolute atomic E-state index is 0.0381. The van der Waals surface area contributed by atoms with Crippen LogP contribution in [-0.4, -0.2) is 52.1 Å². The predicted molar refractivity (Wildman–Crippen MR) is 88.9 cm³/mol. The Hall–Kier alpha value is -1.22. The van der Waals surface area contributed by atoms with Crippen LogP contribution in [0.25, 0.3) is 4.96 Å². The summed E-state index contributed by atoms with van der Waals surface area (Å²) < 4.78 is 7.40. The standard InChI is InChI=1S/C14H18N4O2S2/c1-3-8-21-14-16-18-12(19)10-9-17(6-7-20-2)5-4-11(10)15-13(18)22-14/h3H,1,4-9H2,2H3. The van der Waals surface area contributed by atoms with E-state index in [1.807, 2.05) is 6.08 Å². The molecule has 3 rings (SSSR count). The van der Waals surface area contributed by atoms with E-state index in [0.717, 1.165) is 40.9 Å². The molecule has 0 saturated carbocycles. The van der Waals surface area contributed by atoms with Gasteiger partial charge in [0.25, 0.3) is 5.56 Å². The van der Waals surface area contributed by atoms with Crippen molar-refractivity contribution < 1.29 is 4.74 Å². The lowest BCUT2D eigenvalue weighted by molar-refractivity contribution is 0.140. The van der Waals surface area contributed by atoms with Gasteiger partial charge in [-0.05, 0) is 0 Å². The highest BCUT2D eigenvalue weighted by Gasteiger charge is 2.22. The van der Waals surface area contributed by atoms with Gasteiger partial charge in [-0.3, -0.25) is 9.69 Å². The molecule has 0 radical (unpaired) electrons. The predicted octanol–water partition coefficient (Wildman–Crippen LogP) is 1.43. The maximum absolute atomic E-state index is 12.7. The minimum atomic E-state index is -0.0381. The summed E-state index contributed by atoms with van der Waals surface area (Å²) in [5.74, 6) is 0.777. The van der Waals surface area contributed by atoms with Gasteiger partial charge >= 0.3 is 0 Å². The van der Waals surface area contributed by atoms with Gasteiger partial charge in [0.2, 0.25) is 4.96 Å². The first-order valence-electron chi connectivity index (χ1n) is 7.09. The molecule has 3 heterocycles. The van der Waals surface area contributed by atoms with Crippen molar-refractivity contribution >= 4 is 28.1 Å². The summed E-state index contributed by atoms with van der Waals surface area (Å²) in [5, 5.41) is 4.38. The van der Waals surface area contributed by atoms with Crippen LogP contribution in [0.5, 0.6) is 0 Å². The molecule has 2 aromatic heterocycles. The number of thioether (sulfide) groups is 1. The van der Waals surface area contributed by atoms with E-state index in [1.54, 1.807) is 18.9 Å². The molecule has 8 heteroatoms. The maximum atomic E-state index is 12.7. The van der Waals surface area contributed by atoms with Crippen LogP contribution >= 0.6 is 23.1 Å². The van der Waals surface area contributed by atoms with Crippen LogP contribution in [0.3, 0.4) is 0 Å². The first kappa shape index (κ1) is 15.7. The molecule has 118 valence electrons. The quantitative estimate of drug-likeness (QED) is 0.587. The Kier molecular flexibility index (Phi) is 4.92. The number of aromatic nitrogens is 3. The molecular weight excluding hydrogens is 320 g/mol. The highest BCUT2D eigenvalue weighted by atomic mass is 32.2. The lowest BCUT2D eigenvalue weighted by Gasteiger charge is -2.26. The number of ether oxygens (including phenoxy) is 1. The minimum Gasteiger partial charge on any atom is -0.383 e. The molecule has 0 fully saturated rings. The molecule has 1 aliphatic rings. The normalized spacial score (nSPS) is 15.1. The third-order valence-corrected chi connectivity index (χ3v) is 5.59. The maximum Gasteiger partial charge on any atom is 0.279 e. The van der Waals surface area contributed by atoms with Crippen LogP contribution in [0.15, 0.2) is 21.8 Å². The van der Waals surface area contributed by atoms with Gasteiger partial charge < -0.3 is 4.74 Å². The number of hydrogen-bond donors (Lipinski definition) is 0. The van der Waals surface area contributed by atoms with Crippen LogP contribution in [0.1, 0.15) is 11.3 Å². The van der Waals surface area contributed by atoms with E-state index in [2.05, 4.69) is 21.6 Å². The van der Waals surface area contributed by atoms with Gasteiger partial charge in [0.15, 0.2) is 4.34 Å². The van der Waals surface area contributed by atoms with Crippen LogP contribution < -0.4 is 5.56 Å². The van der Waals surface area contributed by atoms with Crippen molar-refractivity contribution in [1.82, 2.24) is 19.5 Å². The monoisotopic (exact) mass is 338 g/mol. The Bertz CT molecular complexity index is 740. The van der Waals surface area contributed by atoms with E-state index in [4.69, 9.17) is 4.74 Å². The summed E-state index contributed by atoms with van der Waals surface area (Å²) in [4.78, 5) is 20.2. The van der Waals surface area contributed by atoms with Gasteiger partial charge in [0.05, 0.1) is 17.9 Å². The SMILES string of the molecule is C=CCSc1nn2c(=O)c3c(nc2s1)CCN(CCOC)C3. The molecule has 6 nitrogen and oxygen atoms in total. The molecule has 0 saturated heterocycles. The second kappa shape index (κ2) is 6.91. The fourth-order valence-electron chi connectivity index (χ4n) is 2.43. The average Bonchev–Trinajstić information content (AvgIpc) is 2.94. The van der Waals surface area contributed by atoms with Crippen LogP contribution in [0.4, 0.5) is 0 Å². The zero-order chi connectivity index (χ0) is 15.5. The summed E-state index contributed by atoms with van der Waals surface area (Å²) >= 11 is 3.03. The third kappa shape index (κ3) is 3.10. The van der Waals surface area contributed by atoms with Crippen molar-refractivity contribution in [3.63, 3.8) is 0 Å². The molecule has 0 aliphatic carbocycles. The molecule has 0 amide bonds. The second-order valence-corrected chi connectivity index (χ2v) is 7.25. The van der Waals surface area contributed by atoms with Gasteiger partial charge in [-0.1, -0.05) is 29.2 Å². The van der Waals surface area contributed by atoms with Gasteiger partial charge in [-0.2, -0.15) is 4.52 Å². The van der Waals surface area contributed by atoms with E-state index in [9.17, 15) is 4.79 Å². The summed E-state index contributed by atoms with van der Waals surface area (Å²) in [6, 6.07) is 0. The Morgan fingerprint density at radius 1 is 1.55 bits per heavy atom. The summed E-state index contributed by atoms with van der Waals surface area (Å²) in [6.07, 6.45) is 2.63. The molecule has 1 aliphatic heterocycles. The van der Waals surface area contributed by atoms with E-state index in [0.29, 0.717) is 18.1 Å². The molecule has 0 N–H and O–H groups in total. The van der Waals surface area contributed by atoms with Crippen molar-refractivity contribution in [2.45, 2.75) is 17.3 Å².